The standard InChI is InChI=1S/C19H23N3O3/c1-25-17-5-3-15(4-6-17)13-16-7-11-21(12-8-16)18(23)14-22-10-2-9-20-19(22)24/h2-6,9-10,16H,7-8,11-14H2,1H3. The third-order valence-corrected chi connectivity index (χ3v) is 4.74. The van der Waals surface area contributed by atoms with E-state index in [1.54, 1.807) is 19.4 Å². The molecule has 0 saturated carbocycles. The zero-order valence-electron chi connectivity index (χ0n) is 14.4. The van der Waals surface area contributed by atoms with Gasteiger partial charge in [0.25, 0.3) is 0 Å². The van der Waals surface area contributed by atoms with Gasteiger partial charge in [0, 0.05) is 25.5 Å². The Balaban J connectivity index is 1.50. The topological polar surface area (TPSA) is 64.4 Å². The maximum absolute atomic E-state index is 12.4. The van der Waals surface area contributed by atoms with Crippen LogP contribution in [0.25, 0.3) is 0 Å². The molecule has 1 aliphatic rings. The van der Waals surface area contributed by atoms with Crippen LogP contribution in [-0.4, -0.2) is 40.6 Å². The molecule has 25 heavy (non-hydrogen) atoms. The zero-order chi connectivity index (χ0) is 17.6. The molecule has 0 radical (unpaired) electrons. The summed E-state index contributed by atoms with van der Waals surface area (Å²) in [5.74, 6) is 1.44. The molecular formula is C19H23N3O3. The van der Waals surface area contributed by atoms with Crippen LogP contribution in [0.4, 0.5) is 0 Å². The summed E-state index contributed by atoms with van der Waals surface area (Å²) in [6.07, 6.45) is 6.03. The number of piperidine rings is 1. The highest BCUT2D eigenvalue weighted by Gasteiger charge is 2.23. The summed E-state index contributed by atoms with van der Waals surface area (Å²) in [4.78, 5) is 29.5. The van der Waals surface area contributed by atoms with Gasteiger partial charge >= 0.3 is 5.69 Å². The second-order valence-electron chi connectivity index (χ2n) is 6.41. The van der Waals surface area contributed by atoms with Crippen LogP contribution in [0.2, 0.25) is 0 Å². The van der Waals surface area contributed by atoms with Crippen LogP contribution in [-0.2, 0) is 17.8 Å². The molecule has 0 atom stereocenters. The molecule has 0 N–H and O–H groups in total. The number of ether oxygens (including phenoxy) is 1. The lowest BCUT2D eigenvalue weighted by atomic mass is 9.90. The van der Waals surface area contributed by atoms with Crippen LogP contribution in [0.3, 0.4) is 0 Å². The number of rotatable bonds is 5. The molecule has 1 aromatic carbocycles. The van der Waals surface area contributed by atoms with Gasteiger partial charge in [-0.3, -0.25) is 9.36 Å². The fraction of sp³-hybridized carbons (Fsp3) is 0.421. The quantitative estimate of drug-likeness (QED) is 0.831. The van der Waals surface area contributed by atoms with Crippen LogP contribution >= 0.6 is 0 Å². The molecule has 6 nitrogen and oxygen atoms in total. The molecule has 2 heterocycles. The summed E-state index contributed by atoms with van der Waals surface area (Å²) >= 11 is 0. The predicted octanol–water partition coefficient (Wildman–Crippen LogP) is 1.73. The number of hydrogen-bond acceptors (Lipinski definition) is 4. The Labute approximate surface area is 147 Å². The van der Waals surface area contributed by atoms with E-state index in [9.17, 15) is 9.59 Å². The van der Waals surface area contributed by atoms with E-state index in [0.29, 0.717) is 5.92 Å². The molecule has 1 fully saturated rings. The van der Waals surface area contributed by atoms with Crippen LogP contribution in [0.15, 0.2) is 47.5 Å². The number of benzene rings is 1. The average molecular weight is 341 g/mol. The van der Waals surface area contributed by atoms with Gasteiger partial charge in [0.15, 0.2) is 0 Å². The second-order valence-corrected chi connectivity index (χ2v) is 6.41. The number of carbonyl (C=O) groups is 1. The summed E-state index contributed by atoms with van der Waals surface area (Å²) in [5.41, 5.74) is 0.915. The van der Waals surface area contributed by atoms with Crippen molar-refractivity contribution in [3.63, 3.8) is 0 Å². The second kappa shape index (κ2) is 7.96. The largest absolute Gasteiger partial charge is 0.497 e. The van der Waals surface area contributed by atoms with Crippen LogP contribution < -0.4 is 10.4 Å². The first-order valence-electron chi connectivity index (χ1n) is 8.58. The van der Waals surface area contributed by atoms with Gasteiger partial charge in [-0.2, -0.15) is 0 Å². The minimum Gasteiger partial charge on any atom is -0.497 e. The van der Waals surface area contributed by atoms with E-state index in [4.69, 9.17) is 4.74 Å². The molecule has 3 rings (SSSR count). The Hall–Kier alpha value is -2.63. The monoisotopic (exact) mass is 341 g/mol. The van der Waals surface area contributed by atoms with E-state index in [-0.39, 0.29) is 18.1 Å². The highest BCUT2D eigenvalue weighted by atomic mass is 16.5. The molecule has 0 bridgehead atoms. The highest BCUT2D eigenvalue weighted by molar-refractivity contribution is 5.76. The lowest BCUT2D eigenvalue weighted by molar-refractivity contribution is -0.133. The van der Waals surface area contributed by atoms with Crippen molar-refractivity contribution < 1.29 is 9.53 Å². The molecule has 1 aliphatic heterocycles. The van der Waals surface area contributed by atoms with Crippen molar-refractivity contribution in [2.75, 3.05) is 20.2 Å². The zero-order valence-corrected chi connectivity index (χ0v) is 14.4. The lowest BCUT2D eigenvalue weighted by Crippen LogP contribution is -2.42. The average Bonchev–Trinajstić information content (AvgIpc) is 2.65. The molecule has 2 aromatic rings. The maximum Gasteiger partial charge on any atom is 0.347 e. The number of hydrogen-bond donors (Lipinski definition) is 0. The molecule has 1 amide bonds. The van der Waals surface area contributed by atoms with Gasteiger partial charge in [-0.25, -0.2) is 9.78 Å². The Morgan fingerprint density at radius 1 is 1.24 bits per heavy atom. The van der Waals surface area contributed by atoms with Crippen molar-refractivity contribution in [3.8, 4) is 5.75 Å². The molecule has 1 saturated heterocycles. The van der Waals surface area contributed by atoms with E-state index in [1.165, 1.54) is 16.3 Å². The predicted molar refractivity (Wildman–Crippen MR) is 94.5 cm³/mol. The number of methoxy groups -OCH3 is 1. The Kier molecular flexibility index (Phi) is 5.48. The molecule has 132 valence electrons. The molecule has 6 heteroatoms. The normalized spacial score (nSPS) is 15.2. The number of likely N-dealkylation sites (tertiary alicyclic amines) is 1. The SMILES string of the molecule is COc1ccc(CC2CCN(C(=O)Cn3cccnc3=O)CC2)cc1. The Morgan fingerprint density at radius 3 is 2.60 bits per heavy atom. The van der Waals surface area contributed by atoms with E-state index >= 15 is 0 Å². The van der Waals surface area contributed by atoms with Gasteiger partial charge in [-0.1, -0.05) is 12.1 Å². The third-order valence-electron chi connectivity index (χ3n) is 4.74. The smallest absolute Gasteiger partial charge is 0.347 e. The van der Waals surface area contributed by atoms with Crippen molar-refractivity contribution in [1.82, 2.24) is 14.5 Å². The van der Waals surface area contributed by atoms with E-state index in [2.05, 4.69) is 17.1 Å². The summed E-state index contributed by atoms with van der Waals surface area (Å²) in [6.45, 7) is 1.55. The molecule has 1 aromatic heterocycles. The van der Waals surface area contributed by atoms with Gasteiger partial charge in [-0.15, -0.1) is 0 Å². The fourth-order valence-electron chi connectivity index (χ4n) is 3.23. The van der Waals surface area contributed by atoms with Gasteiger partial charge < -0.3 is 9.64 Å². The number of carbonyl (C=O) groups excluding carboxylic acids is 1. The minimum atomic E-state index is -0.384. The molecule has 0 unspecified atom stereocenters. The maximum atomic E-state index is 12.4. The van der Waals surface area contributed by atoms with Crippen LogP contribution in [0, 0.1) is 5.92 Å². The summed E-state index contributed by atoms with van der Waals surface area (Å²) in [5, 5.41) is 0. The van der Waals surface area contributed by atoms with Gasteiger partial charge in [0.05, 0.1) is 7.11 Å². The van der Waals surface area contributed by atoms with Crippen molar-refractivity contribution in [2.45, 2.75) is 25.8 Å². The van der Waals surface area contributed by atoms with Crippen LogP contribution in [0.5, 0.6) is 5.75 Å². The highest BCUT2D eigenvalue weighted by Crippen LogP contribution is 2.23. The number of aromatic nitrogens is 2. The Bertz CT molecular complexity index is 762. The number of amides is 1. The van der Waals surface area contributed by atoms with Gasteiger partial charge in [-0.05, 0) is 48.9 Å². The molecular weight excluding hydrogens is 318 g/mol. The first kappa shape index (κ1) is 17.2. The van der Waals surface area contributed by atoms with Gasteiger partial charge in [0.2, 0.25) is 5.91 Å². The lowest BCUT2D eigenvalue weighted by Gasteiger charge is -2.32. The number of nitrogens with zero attached hydrogens (tertiary/aromatic N) is 3. The van der Waals surface area contributed by atoms with E-state index < -0.39 is 0 Å². The summed E-state index contributed by atoms with van der Waals surface area (Å²) in [6, 6.07) is 9.84. The van der Waals surface area contributed by atoms with Gasteiger partial charge in [0.1, 0.15) is 12.3 Å². The minimum absolute atomic E-state index is 0.0157. The van der Waals surface area contributed by atoms with Crippen molar-refractivity contribution in [2.24, 2.45) is 5.92 Å². The molecule has 0 spiro atoms. The summed E-state index contributed by atoms with van der Waals surface area (Å²) in [7, 11) is 1.67. The van der Waals surface area contributed by atoms with Crippen molar-refractivity contribution in [3.05, 3.63) is 58.8 Å². The first-order chi connectivity index (χ1) is 12.2. The van der Waals surface area contributed by atoms with E-state index in [1.807, 2.05) is 17.0 Å². The first-order valence-corrected chi connectivity index (χ1v) is 8.58. The fourth-order valence-corrected chi connectivity index (χ4v) is 3.23. The Morgan fingerprint density at radius 2 is 1.96 bits per heavy atom. The third kappa shape index (κ3) is 4.47. The van der Waals surface area contributed by atoms with Crippen LogP contribution in [0.1, 0.15) is 18.4 Å². The van der Waals surface area contributed by atoms with Crippen molar-refractivity contribution >= 4 is 5.91 Å². The summed E-state index contributed by atoms with van der Waals surface area (Å²) < 4.78 is 6.54. The molecule has 0 aliphatic carbocycles. The van der Waals surface area contributed by atoms with E-state index in [0.717, 1.165) is 38.1 Å². The van der Waals surface area contributed by atoms with Crippen molar-refractivity contribution in [1.29, 1.82) is 0 Å².